The molecule has 2 aromatic rings. The molecule has 1 aromatic carbocycles. The molecule has 0 bridgehead atoms. The summed E-state index contributed by atoms with van der Waals surface area (Å²) in [6, 6.07) is 2.99. The number of ether oxygens (including phenoxy) is 3. The average Bonchev–Trinajstić information content (AvgIpc) is 2.87. The van der Waals surface area contributed by atoms with Crippen molar-refractivity contribution in [1.29, 1.82) is 0 Å². The van der Waals surface area contributed by atoms with Crippen LogP contribution in [0.15, 0.2) is 12.1 Å². The minimum atomic E-state index is -0.498. The molecule has 0 aliphatic heterocycles. The van der Waals surface area contributed by atoms with Gasteiger partial charge < -0.3 is 19.5 Å². The molecule has 25 heavy (non-hydrogen) atoms. The smallest absolute Gasteiger partial charge is 0.341 e. The Morgan fingerprint density at radius 2 is 1.80 bits per heavy atom. The number of amides is 1. The van der Waals surface area contributed by atoms with E-state index in [9.17, 15) is 9.59 Å². The molecule has 1 amide bonds. The summed E-state index contributed by atoms with van der Waals surface area (Å²) in [7, 11) is 4.22. The number of methoxy groups -OCH3 is 3. The first-order valence-corrected chi connectivity index (χ1v) is 8.44. The number of hydrogen-bond acceptors (Lipinski definition) is 6. The van der Waals surface area contributed by atoms with Crippen LogP contribution in [0.2, 0.25) is 5.02 Å². The zero-order chi connectivity index (χ0) is 18.7. The van der Waals surface area contributed by atoms with Crippen LogP contribution in [-0.4, -0.2) is 33.2 Å². The van der Waals surface area contributed by atoms with E-state index in [-0.39, 0.29) is 10.6 Å². The molecule has 0 saturated heterocycles. The molecule has 0 aliphatic rings. The van der Waals surface area contributed by atoms with E-state index in [0.717, 1.165) is 10.4 Å². The van der Waals surface area contributed by atoms with Crippen LogP contribution in [0.25, 0.3) is 0 Å². The number of hydrogen-bond donors (Lipinski definition) is 1. The maximum Gasteiger partial charge on any atom is 0.341 e. The Balaban J connectivity index is 2.40. The van der Waals surface area contributed by atoms with Crippen LogP contribution in [0.5, 0.6) is 11.5 Å². The van der Waals surface area contributed by atoms with E-state index in [1.54, 1.807) is 6.92 Å². The van der Waals surface area contributed by atoms with Crippen LogP contribution in [0.3, 0.4) is 0 Å². The van der Waals surface area contributed by atoms with Gasteiger partial charge in [-0.2, -0.15) is 0 Å². The van der Waals surface area contributed by atoms with Crippen LogP contribution in [-0.2, 0) is 4.74 Å². The molecular weight excluding hydrogens is 366 g/mol. The second kappa shape index (κ2) is 7.76. The highest BCUT2D eigenvalue weighted by Crippen LogP contribution is 2.37. The lowest BCUT2D eigenvalue weighted by molar-refractivity contribution is 0.0601. The minimum Gasteiger partial charge on any atom is -0.493 e. The molecule has 0 aliphatic carbocycles. The number of thiophene rings is 1. The zero-order valence-corrected chi connectivity index (χ0v) is 16.1. The molecule has 0 atom stereocenters. The Morgan fingerprint density at radius 1 is 1.12 bits per heavy atom. The summed E-state index contributed by atoms with van der Waals surface area (Å²) in [6.45, 7) is 3.68. The maximum atomic E-state index is 12.6. The predicted molar refractivity (Wildman–Crippen MR) is 97.6 cm³/mol. The highest BCUT2D eigenvalue weighted by atomic mass is 35.5. The van der Waals surface area contributed by atoms with E-state index in [4.69, 9.17) is 25.8 Å². The van der Waals surface area contributed by atoms with Crippen LogP contribution < -0.4 is 14.8 Å². The van der Waals surface area contributed by atoms with Crippen molar-refractivity contribution < 1.29 is 23.8 Å². The molecule has 1 heterocycles. The number of aryl methyl sites for hydroxylation is 1. The number of halogens is 1. The van der Waals surface area contributed by atoms with Crippen LogP contribution in [0.4, 0.5) is 5.00 Å². The topological polar surface area (TPSA) is 73.9 Å². The van der Waals surface area contributed by atoms with Gasteiger partial charge in [-0.1, -0.05) is 11.6 Å². The Labute approximate surface area is 154 Å². The van der Waals surface area contributed by atoms with Crippen molar-refractivity contribution in [1.82, 2.24) is 0 Å². The van der Waals surface area contributed by atoms with E-state index in [1.807, 2.05) is 6.92 Å². The summed E-state index contributed by atoms with van der Waals surface area (Å²) in [5.74, 6) is -0.234. The molecule has 0 fully saturated rings. The third-order valence-corrected chi connectivity index (χ3v) is 5.10. The van der Waals surface area contributed by atoms with E-state index in [0.29, 0.717) is 22.1 Å². The van der Waals surface area contributed by atoms with Gasteiger partial charge in [0.1, 0.15) is 5.00 Å². The highest BCUT2D eigenvalue weighted by molar-refractivity contribution is 7.16. The van der Waals surface area contributed by atoms with Gasteiger partial charge in [-0.3, -0.25) is 4.79 Å². The monoisotopic (exact) mass is 383 g/mol. The van der Waals surface area contributed by atoms with Gasteiger partial charge in [0.2, 0.25) is 0 Å². The SMILES string of the molecule is COC(=O)c1c(NC(=O)c2cc(Cl)c(OC)c(OC)c2)sc(C)c1C. The van der Waals surface area contributed by atoms with Crippen molar-refractivity contribution in [3.05, 3.63) is 38.7 Å². The largest absolute Gasteiger partial charge is 0.493 e. The van der Waals surface area contributed by atoms with Gasteiger partial charge in [-0.15, -0.1) is 11.3 Å². The Bertz CT molecular complexity index is 831. The normalized spacial score (nSPS) is 10.3. The summed E-state index contributed by atoms with van der Waals surface area (Å²) in [5, 5.41) is 3.42. The Morgan fingerprint density at radius 3 is 2.36 bits per heavy atom. The number of esters is 1. The number of anilines is 1. The molecule has 0 saturated carbocycles. The molecule has 8 heteroatoms. The maximum absolute atomic E-state index is 12.6. The average molecular weight is 384 g/mol. The lowest BCUT2D eigenvalue weighted by Gasteiger charge is -2.12. The zero-order valence-electron chi connectivity index (χ0n) is 14.5. The fourth-order valence-electron chi connectivity index (χ4n) is 2.29. The van der Waals surface area contributed by atoms with Crippen molar-refractivity contribution in [2.45, 2.75) is 13.8 Å². The molecule has 0 radical (unpaired) electrons. The van der Waals surface area contributed by atoms with Gasteiger partial charge in [-0.05, 0) is 31.5 Å². The molecule has 2 rings (SSSR count). The van der Waals surface area contributed by atoms with E-state index >= 15 is 0 Å². The summed E-state index contributed by atoms with van der Waals surface area (Å²) >= 11 is 7.45. The van der Waals surface area contributed by atoms with Gasteiger partial charge in [0.15, 0.2) is 11.5 Å². The fourth-order valence-corrected chi connectivity index (χ4v) is 3.62. The van der Waals surface area contributed by atoms with E-state index in [2.05, 4.69) is 5.32 Å². The second-order valence-corrected chi connectivity index (χ2v) is 6.76. The van der Waals surface area contributed by atoms with Crippen molar-refractivity contribution in [3.63, 3.8) is 0 Å². The highest BCUT2D eigenvalue weighted by Gasteiger charge is 2.23. The fraction of sp³-hybridized carbons (Fsp3) is 0.294. The van der Waals surface area contributed by atoms with Crippen molar-refractivity contribution in [2.24, 2.45) is 0 Å². The minimum absolute atomic E-state index is 0.249. The summed E-state index contributed by atoms with van der Waals surface area (Å²) in [6.07, 6.45) is 0. The lowest BCUT2D eigenvalue weighted by atomic mass is 10.1. The van der Waals surface area contributed by atoms with Crippen molar-refractivity contribution >= 4 is 39.8 Å². The first kappa shape index (κ1) is 19.1. The number of carbonyl (C=O) groups is 2. The summed E-state index contributed by atoms with van der Waals surface area (Å²) in [5.41, 5.74) is 1.41. The molecule has 6 nitrogen and oxygen atoms in total. The van der Waals surface area contributed by atoms with Crippen LogP contribution in [0, 0.1) is 13.8 Å². The summed E-state index contributed by atoms with van der Waals surface area (Å²) in [4.78, 5) is 25.5. The standard InChI is InChI=1S/C17H18ClNO5S/c1-8-9(2)25-16(13(8)17(21)24-5)19-15(20)10-6-11(18)14(23-4)12(7-10)22-3/h6-7H,1-5H3,(H,19,20). The molecular formula is C17H18ClNO5S. The number of benzene rings is 1. The van der Waals surface area contributed by atoms with Crippen LogP contribution in [0.1, 0.15) is 31.2 Å². The molecule has 134 valence electrons. The number of carbonyl (C=O) groups excluding carboxylic acids is 2. The Hall–Kier alpha value is -2.25. The van der Waals surface area contributed by atoms with E-state index < -0.39 is 11.9 Å². The van der Waals surface area contributed by atoms with Gasteiger partial charge in [0.25, 0.3) is 5.91 Å². The third-order valence-electron chi connectivity index (χ3n) is 3.70. The van der Waals surface area contributed by atoms with Gasteiger partial charge in [-0.25, -0.2) is 4.79 Å². The molecule has 0 spiro atoms. The molecule has 1 aromatic heterocycles. The van der Waals surface area contributed by atoms with Crippen LogP contribution >= 0.6 is 22.9 Å². The Kier molecular flexibility index (Phi) is 5.92. The molecule has 0 unspecified atom stereocenters. The van der Waals surface area contributed by atoms with E-state index in [1.165, 1.54) is 44.8 Å². The quantitative estimate of drug-likeness (QED) is 0.787. The third kappa shape index (κ3) is 3.72. The van der Waals surface area contributed by atoms with Gasteiger partial charge in [0, 0.05) is 10.4 Å². The lowest BCUT2D eigenvalue weighted by Crippen LogP contribution is -2.14. The summed E-state index contributed by atoms with van der Waals surface area (Å²) < 4.78 is 15.2. The number of nitrogens with one attached hydrogen (secondary N) is 1. The molecule has 1 N–H and O–H groups in total. The first-order valence-electron chi connectivity index (χ1n) is 7.25. The van der Waals surface area contributed by atoms with Gasteiger partial charge >= 0.3 is 5.97 Å². The van der Waals surface area contributed by atoms with Gasteiger partial charge in [0.05, 0.1) is 31.9 Å². The number of rotatable bonds is 5. The predicted octanol–water partition coefficient (Wildman–Crippen LogP) is 4.07. The van der Waals surface area contributed by atoms with Crippen molar-refractivity contribution in [2.75, 3.05) is 26.6 Å². The second-order valence-electron chi connectivity index (χ2n) is 5.13. The van der Waals surface area contributed by atoms with Crippen molar-refractivity contribution in [3.8, 4) is 11.5 Å². The first-order chi connectivity index (χ1) is 11.8.